The molecule has 3 N–H and O–H groups in total. The summed E-state index contributed by atoms with van der Waals surface area (Å²) in [6.45, 7) is 0. The number of benzene rings is 2. The third kappa shape index (κ3) is 3.20. The lowest BCUT2D eigenvalue weighted by atomic mass is 10.1. The summed E-state index contributed by atoms with van der Waals surface area (Å²) >= 11 is 0. The first-order chi connectivity index (χ1) is 11.5. The van der Waals surface area contributed by atoms with E-state index in [-0.39, 0.29) is 17.1 Å². The summed E-state index contributed by atoms with van der Waals surface area (Å²) in [5, 5.41) is 14.8. The van der Waals surface area contributed by atoms with Gasteiger partial charge in [0.15, 0.2) is 0 Å². The molecule has 0 saturated carbocycles. The zero-order valence-corrected chi connectivity index (χ0v) is 13.2. The van der Waals surface area contributed by atoms with Gasteiger partial charge in [-0.05, 0) is 12.1 Å². The molecule has 0 fully saturated rings. The Hall–Kier alpha value is -2.17. The van der Waals surface area contributed by atoms with Crippen LogP contribution < -0.4 is 9.88 Å². The van der Waals surface area contributed by atoms with E-state index in [2.05, 4.69) is 0 Å². The molecule has 2 aromatic rings. The van der Waals surface area contributed by atoms with Gasteiger partial charge in [0.05, 0.1) is 4.90 Å². The summed E-state index contributed by atoms with van der Waals surface area (Å²) in [7, 11) is -4.38. The van der Waals surface area contributed by atoms with E-state index in [9.17, 15) is 31.1 Å². The number of aliphatic hydroxyl groups is 1. The monoisotopic (exact) mass is 377 g/mol. The SMILES string of the molecule is NS(=O)(=O)c1ccc(Oc2cc(F)cc(F)c2)c2c1C(O)C(F)(F)C2. The second-order valence-electron chi connectivity index (χ2n) is 5.55. The van der Waals surface area contributed by atoms with Gasteiger partial charge in [-0.1, -0.05) is 0 Å². The number of halogens is 4. The van der Waals surface area contributed by atoms with E-state index in [1.54, 1.807) is 0 Å². The lowest BCUT2D eigenvalue weighted by Gasteiger charge is -2.15. The topological polar surface area (TPSA) is 89.6 Å². The minimum Gasteiger partial charge on any atom is -0.457 e. The van der Waals surface area contributed by atoms with Crippen molar-refractivity contribution in [3.63, 3.8) is 0 Å². The van der Waals surface area contributed by atoms with E-state index in [0.717, 1.165) is 24.3 Å². The Morgan fingerprint density at radius 3 is 2.32 bits per heavy atom. The molecule has 1 unspecified atom stereocenters. The van der Waals surface area contributed by atoms with Crippen LogP contribution in [0, 0.1) is 11.6 Å². The third-order valence-corrected chi connectivity index (χ3v) is 4.70. The largest absolute Gasteiger partial charge is 0.457 e. The van der Waals surface area contributed by atoms with Crippen molar-refractivity contribution in [3.8, 4) is 11.5 Å². The van der Waals surface area contributed by atoms with E-state index in [4.69, 9.17) is 9.88 Å². The molecule has 25 heavy (non-hydrogen) atoms. The third-order valence-electron chi connectivity index (χ3n) is 3.73. The molecule has 1 aliphatic rings. The fourth-order valence-electron chi connectivity index (χ4n) is 2.71. The average molecular weight is 377 g/mol. The second kappa shape index (κ2) is 5.68. The van der Waals surface area contributed by atoms with Gasteiger partial charge in [-0.2, -0.15) is 0 Å². The summed E-state index contributed by atoms with van der Waals surface area (Å²) in [5.41, 5.74) is -0.879. The molecule has 0 aliphatic heterocycles. The smallest absolute Gasteiger partial charge is 0.281 e. The number of nitrogens with two attached hydrogens (primary N) is 1. The number of alkyl halides is 2. The van der Waals surface area contributed by atoms with Crippen LogP contribution in [0.1, 0.15) is 17.2 Å². The summed E-state index contributed by atoms with van der Waals surface area (Å²) in [6.07, 6.45) is -3.41. The fraction of sp³-hybridized carbons (Fsp3) is 0.200. The first-order valence-corrected chi connectivity index (χ1v) is 8.42. The van der Waals surface area contributed by atoms with Gasteiger partial charge in [-0.25, -0.2) is 31.1 Å². The fourth-order valence-corrected chi connectivity index (χ4v) is 3.51. The van der Waals surface area contributed by atoms with Crippen LogP contribution in [-0.4, -0.2) is 19.4 Å². The lowest BCUT2D eigenvalue weighted by molar-refractivity contribution is -0.0976. The maximum absolute atomic E-state index is 13.9. The average Bonchev–Trinajstić information content (AvgIpc) is 2.68. The van der Waals surface area contributed by atoms with Crippen molar-refractivity contribution in [2.45, 2.75) is 23.3 Å². The Balaban J connectivity index is 2.15. The standard InChI is InChI=1S/C15H11F4NO4S/c16-7-3-8(17)5-9(4-7)24-11-1-2-12(25(20,22)23)13-10(11)6-15(18,19)14(13)21/h1-5,14,21H,6H2,(H2,20,22,23). The van der Waals surface area contributed by atoms with Gasteiger partial charge in [0.2, 0.25) is 10.0 Å². The van der Waals surface area contributed by atoms with Crippen molar-refractivity contribution in [1.82, 2.24) is 0 Å². The van der Waals surface area contributed by atoms with Crippen LogP contribution in [0.25, 0.3) is 0 Å². The first kappa shape index (κ1) is 17.6. The van der Waals surface area contributed by atoms with Crippen molar-refractivity contribution in [2.75, 3.05) is 0 Å². The molecule has 0 heterocycles. The second-order valence-corrected chi connectivity index (χ2v) is 7.08. The number of hydrogen-bond donors (Lipinski definition) is 2. The van der Waals surface area contributed by atoms with E-state index >= 15 is 0 Å². The minimum atomic E-state index is -4.38. The molecular formula is C15H11F4NO4S. The Labute approximate surface area is 139 Å². The van der Waals surface area contributed by atoms with E-state index in [0.29, 0.717) is 6.07 Å². The highest BCUT2D eigenvalue weighted by Gasteiger charge is 2.50. The Morgan fingerprint density at radius 2 is 1.76 bits per heavy atom. The quantitative estimate of drug-likeness (QED) is 0.805. The van der Waals surface area contributed by atoms with Crippen LogP contribution in [0.5, 0.6) is 11.5 Å². The van der Waals surface area contributed by atoms with Crippen LogP contribution in [0.3, 0.4) is 0 Å². The molecule has 1 atom stereocenters. The Bertz CT molecular complexity index is 942. The molecule has 3 rings (SSSR count). The molecule has 0 aromatic heterocycles. The summed E-state index contributed by atoms with van der Waals surface area (Å²) in [5.74, 6) is -6.11. The number of sulfonamides is 1. The minimum absolute atomic E-state index is 0.261. The molecule has 5 nitrogen and oxygen atoms in total. The van der Waals surface area contributed by atoms with Crippen molar-refractivity contribution in [1.29, 1.82) is 0 Å². The number of primary sulfonamides is 1. The normalized spacial score (nSPS) is 18.9. The molecule has 0 saturated heterocycles. The predicted octanol–water partition coefficient (Wildman–Crippen LogP) is 2.63. The molecule has 2 aromatic carbocycles. The summed E-state index contributed by atoms with van der Waals surface area (Å²) < 4.78 is 82.6. The van der Waals surface area contributed by atoms with Gasteiger partial charge in [0.1, 0.15) is 29.2 Å². The maximum Gasteiger partial charge on any atom is 0.281 e. The number of aliphatic hydroxyl groups excluding tert-OH is 1. The molecule has 0 spiro atoms. The molecular weight excluding hydrogens is 366 g/mol. The zero-order chi connectivity index (χ0) is 18.6. The maximum atomic E-state index is 13.9. The highest BCUT2D eigenvalue weighted by Crippen LogP contribution is 2.49. The number of rotatable bonds is 3. The molecule has 0 amide bonds. The molecule has 134 valence electrons. The predicted molar refractivity (Wildman–Crippen MR) is 77.9 cm³/mol. The van der Waals surface area contributed by atoms with E-state index in [1.807, 2.05) is 0 Å². The highest BCUT2D eigenvalue weighted by atomic mass is 32.2. The number of hydrogen-bond acceptors (Lipinski definition) is 4. The molecule has 10 heteroatoms. The first-order valence-electron chi connectivity index (χ1n) is 6.87. The van der Waals surface area contributed by atoms with Crippen LogP contribution in [0.15, 0.2) is 35.2 Å². The summed E-state index contributed by atoms with van der Waals surface area (Å²) in [4.78, 5) is -0.662. The lowest BCUT2D eigenvalue weighted by Crippen LogP contribution is -2.23. The van der Waals surface area contributed by atoms with Gasteiger partial charge >= 0.3 is 0 Å². The van der Waals surface area contributed by atoms with Gasteiger partial charge in [-0.15, -0.1) is 0 Å². The molecule has 0 bridgehead atoms. The van der Waals surface area contributed by atoms with Crippen molar-refractivity contribution in [3.05, 3.63) is 53.1 Å². The molecule has 1 aliphatic carbocycles. The van der Waals surface area contributed by atoms with Crippen LogP contribution >= 0.6 is 0 Å². The number of ether oxygens (including phenoxy) is 1. The van der Waals surface area contributed by atoms with Crippen LogP contribution in [-0.2, 0) is 16.4 Å². The Kier molecular flexibility index (Phi) is 4.01. The Morgan fingerprint density at radius 1 is 1.16 bits per heavy atom. The van der Waals surface area contributed by atoms with Crippen LogP contribution in [0.4, 0.5) is 17.6 Å². The van der Waals surface area contributed by atoms with Gasteiger partial charge < -0.3 is 9.84 Å². The summed E-state index contributed by atoms with van der Waals surface area (Å²) in [6, 6.07) is 4.18. The molecule has 0 radical (unpaired) electrons. The van der Waals surface area contributed by atoms with Crippen molar-refractivity contribution < 1.29 is 35.8 Å². The van der Waals surface area contributed by atoms with Crippen molar-refractivity contribution in [2.24, 2.45) is 5.14 Å². The van der Waals surface area contributed by atoms with E-state index < -0.39 is 50.6 Å². The van der Waals surface area contributed by atoms with Crippen LogP contribution in [0.2, 0.25) is 0 Å². The van der Waals surface area contributed by atoms with Gasteiger partial charge in [0, 0.05) is 35.7 Å². The number of fused-ring (bicyclic) bond motifs is 1. The highest BCUT2D eigenvalue weighted by molar-refractivity contribution is 7.89. The van der Waals surface area contributed by atoms with Gasteiger partial charge in [-0.3, -0.25) is 0 Å². The van der Waals surface area contributed by atoms with E-state index in [1.165, 1.54) is 0 Å². The van der Waals surface area contributed by atoms with Crippen molar-refractivity contribution >= 4 is 10.0 Å². The van der Waals surface area contributed by atoms with Gasteiger partial charge in [0.25, 0.3) is 5.92 Å². The zero-order valence-electron chi connectivity index (χ0n) is 12.3.